The summed E-state index contributed by atoms with van der Waals surface area (Å²) in [5.74, 6) is 0. The minimum absolute atomic E-state index is 0.843. The summed E-state index contributed by atoms with van der Waals surface area (Å²) in [6, 6.07) is 2.06. The Kier molecular flexibility index (Phi) is 3.58. The molecule has 0 amide bonds. The van der Waals surface area contributed by atoms with Gasteiger partial charge in [-0.15, -0.1) is 11.3 Å². The Balaban J connectivity index is 1.60. The molecule has 0 spiro atoms. The van der Waals surface area contributed by atoms with Gasteiger partial charge in [0, 0.05) is 43.8 Å². The molecule has 5 nitrogen and oxygen atoms in total. The van der Waals surface area contributed by atoms with Gasteiger partial charge in [0.05, 0.1) is 17.1 Å². The Morgan fingerprint density at radius 2 is 2.20 bits per heavy atom. The summed E-state index contributed by atoms with van der Waals surface area (Å²) < 4.78 is 4.04. The first-order valence-corrected chi connectivity index (χ1v) is 7.58. The number of thiazole rings is 1. The van der Waals surface area contributed by atoms with E-state index in [2.05, 4.69) is 45.9 Å². The minimum Gasteiger partial charge on any atom is -0.311 e. The van der Waals surface area contributed by atoms with Crippen molar-refractivity contribution in [3.05, 3.63) is 40.4 Å². The first kappa shape index (κ1) is 13.3. The summed E-state index contributed by atoms with van der Waals surface area (Å²) in [5, 5.41) is 7.86. The van der Waals surface area contributed by atoms with E-state index in [9.17, 15) is 0 Å². The van der Waals surface area contributed by atoms with Crippen molar-refractivity contribution in [3.63, 3.8) is 0 Å². The van der Waals surface area contributed by atoms with Gasteiger partial charge in [-0.1, -0.05) is 0 Å². The molecule has 3 heterocycles. The van der Waals surface area contributed by atoms with Crippen LogP contribution in [-0.4, -0.2) is 25.7 Å². The molecule has 20 heavy (non-hydrogen) atoms. The van der Waals surface area contributed by atoms with Gasteiger partial charge in [-0.2, -0.15) is 5.10 Å². The van der Waals surface area contributed by atoms with E-state index in [1.54, 1.807) is 11.3 Å². The molecule has 106 valence electrons. The van der Waals surface area contributed by atoms with E-state index >= 15 is 0 Å². The van der Waals surface area contributed by atoms with Gasteiger partial charge in [-0.05, 0) is 19.9 Å². The first-order chi connectivity index (χ1) is 9.63. The lowest BCUT2D eigenvalue weighted by molar-refractivity contribution is 0.652. The summed E-state index contributed by atoms with van der Waals surface area (Å²) in [6.45, 7) is 5.96. The number of nitrogens with zero attached hydrogens (tertiary/aromatic N) is 4. The average Bonchev–Trinajstić information content (AvgIpc) is 3.02. The number of hydrogen-bond acceptors (Lipinski definition) is 4. The highest BCUT2D eigenvalue weighted by atomic mass is 32.1. The fourth-order valence-electron chi connectivity index (χ4n) is 2.34. The van der Waals surface area contributed by atoms with Gasteiger partial charge >= 0.3 is 0 Å². The fraction of sp³-hybridized carbons (Fsp3) is 0.429. The Labute approximate surface area is 122 Å². The van der Waals surface area contributed by atoms with Crippen molar-refractivity contribution < 1.29 is 0 Å². The smallest absolute Gasteiger partial charge is 0.194 e. The Morgan fingerprint density at radius 1 is 1.35 bits per heavy atom. The summed E-state index contributed by atoms with van der Waals surface area (Å²) >= 11 is 1.74. The third-order valence-electron chi connectivity index (χ3n) is 3.36. The Hall–Kier alpha value is -1.66. The third kappa shape index (κ3) is 2.62. The van der Waals surface area contributed by atoms with Crippen LogP contribution in [-0.2, 0) is 20.0 Å². The van der Waals surface area contributed by atoms with Crippen LogP contribution in [0.1, 0.15) is 22.0 Å². The molecule has 0 aliphatic carbocycles. The third-order valence-corrected chi connectivity index (χ3v) is 4.26. The van der Waals surface area contributed by atoms with E-state index in [-0.39, 0.29) is 0 Å². The molecular formula is C14H19N5S. The molecule has 0 bridgehead atoms. The largest absolute Gasteiger partial charge is 0.311 e. The minimum atomic E-state index is 0.843. The quantitative estimate of drug-likeness (QED) is 0.732. The number of hydrogen-bond donors (Lipinski definition) is 1. The SMILES string of the molecule is Cc1cn2c(CNCCc3ccn(C)n3)c(C)nc2s1. The zero-order valence-corrected chi connectivity index (χ0v) is 12.9. The first-order valence-electron chi connectivity index (χ1n) is 6.76. The van der Waals surface area contributed by atoms with Gasteiger partial charge in [-0.25, -0.2) is 4.98 Å². The van der Waals surface area contributed by atoms with Crippen molar-refractivity contribution in [3.8, 4) is 0 Å². The molecule has 0 radical (unpaired) electrons. The zero-order chi connectivity index (χ0) is 14.1. The van der Waals surface area contributed by atoms with Gasteiger partial charge in [0.25, 0.3) is 0 Å². The van der Waals surface area contributed by atoms with Crippen LogP contribution in [0.25, 0.3) is 4.96 Å². The van der Waals surface area contributed by atoms with Crippen molar-refractivity contribution in [2.24, 2.45) is 7.05 Å². The maximum absolute atomic E-state index is 4.60. The van der Waals surface area contributed by atoms with Crippen LogP contribution in [0, 0.1) is 13.8 Å². The van der Waals surface area contributed by atoms with Crippen molar-refractivity contribution in [1.82, 2.24) is 24.5 Å². The number of aromatic nitrogens is 4. The molecule has 0 fully saturated rings. The highest BCUT2D eigenvalue weighted by molar-refractivity contribution is 7.17. The van der Waals surface area contributed by atoms with E-state index in [0.29, 0.717) is 0 Å². The molecule has 0 aliphatic heterocycles. The highest BCUT2D eigenvalue weighted by Gasteiger charge is 2.10. The van der Waals surface area contributed by atoms with Crippen LogP contribution < -0.4 is 5.32 Å². The summed E-state index contributed by atoms with van der Waals surface area (Å²) in [6.07, 6.45) is 5.09. The molecule has 0 aliphatic rings. The highest BCUT2D eigenvalue weighted by Crippen LogP contribution is 2.20. The van der Waals surface area contributed by atoms with Gasteiger partial charge < -0.3 is 5.32 Å². The lowest BCUT2D eigenvalue weighted by Gasteiger charge is -2.04. The number of aryl methyl sites for hydroxylation is 3. The maximum Gasteiger partial charge on any atom is 0.194 e. The summed E-state index contributed by atoms with van der Waals surface area (Å²) in [7, 11) is 1.95. The van der Waals surface area contributed by atoms with Crippen LogP contribution in [0.15, 0.2) is 18.5 Å². The van der Waals surface area contributed by atoms with Crippen LogP contribution in [0.2, 0.25) is 0 Å². The molecule has 3 aromatic rings. The van der Waals surface area contributed by atoms with Crippen molar-refractivity contribution in [2.45, 2.75) is 26.8 Å². The van der Waals surface area contributed by atoms with Crippen LogP contribution in [0.5, 0.6) is 0 Å². The van der Waals surface area contributed by atoms with E-state index in [1.165, 1.54) is 10.6 Å². The topological polar surface area (TPSA) is 47.1 Å². The normalized spacial score (nSPS) is 11.6. The molecule has 6 heteroatoms. The van der Waals surface area contributed by atoms with Gasteiger partial charge in [0.1, 0.15) is 0 Å². The lowest BCUT2D eigenvalue weighted by atomic mass is 10.3. The van der Waals surface area contributed by atoms with Crippen molar-refractivity contribution >= 4 is 16.3 Å². The van der Waals surface area contributed by atoms with E-state index in [0.717, 1.165) is 35.9 Å². The maximum atomic E-state index is 4.60. The molecular weight excluding hydrogens is 270 g/mol. The monoisotopic (exact) mass is 289 g/mol. The molecule has 0 unspecified atom stereocenters. The molecule has 0 saturated carbocycles. The van der Waals surface area contributed by atoms with E-state index < -0.39 is 0 Å². The predicted molar refractivity (Wildman–Crippen MR) is 81.2 cm³/mol. The fourth-order valence-corrected chi connectivity index (χ4v) is 3.23. The standard InChI is InChI=1S/C14H19N5S/c1-10-9-19-13(11(2)16-14(19)20-10)8-15-6-4-12-5-7-18(3)17-12/h5,7,9,15H,4,6,8H2,1-3H3. The second-order valence-corrected chi connectivity index (χ2v) is 6.26. The Bertz CT molecular complexity index is 721. The Morgan fingerprint density at radius 3 is 2.95 bits per heavy atom. The van der Waals surface area contributed by atoms with Gasteiger partial charge in [0.2, 0.25) is 0 Å². The van der Waals surface area contributed by atoms with Crippen molar-refractivity contribution in [2.75, 3.05) is 6.54 Å². The van der Waals surface area contributed by atoms with Crippen molar-refractivity contribution in [1.29, 1.82) is 0 Å². The number of nitrogens with one attached hydrogen (secondary N) is 1. The van der Waals surface area contributed by atoms with Crippen LogP contribution in [0.3, 0.4) is 0 Å². The summed E-state index contributed by atoms with van der Waals surface area (Å²) in [5.41, 5.74) is 3.49. The molecule has 0 saturated heterocycles. The lowest BCUT2D eigenvalue weighted by Crippen LogP contribution is -2.18. The van der Waals surface area contributed by atoms with Gasteiger partial charge in [-0.3, -0.25) is 9.08 Å². The number of fused-ring (bicyclic) bond motifs is 1. The zero-order valence-electron chi connectivity index (χ0n) is 12.1. The number of imidazole rings is 1. The summed E-state index contributed by atoms with van der Waals surface area (Å²) in [4.78, 5) is 6.98. The molecule has 0 aromatic carbocycles. The molecule has 0 atom stereocenters. The number of rotatable bonds is 5. The molecule has 1 N–H and O–H groups in total. The second kappa shape index (κ2) is 5.38. The average molecular weight is 289 g/mol. The van der Waals surface area contributed by atoms with E-state index in [1.807, 2.05) is 17.9 Å². The van der Waals surface area contributed by atoms with Gasteiger partial charge in [0.15, 0.2) is 4.96 Å². The second-order valence-electron chi connectivity index (χ2n) is 5.05. The molecule has 3 aromatic heterocycles. The molecule has 3 rings (SSSR count). The predicted octanol–water partition coefficient (Wildman–Crippen LogP) is 2.08. The van der Waals surface area contributed by atoms with E-state index in [4.69, 9.17) is 0 Å². The van der Waals surface area contributed by atoms with Crippen LogP contribution >= 0.6 is 11.3 Å². The van der Waals surface area contributed by atoms with Crippen LogP contribution in [0.4, 0.5) is 0 Å².